The average molecular weight is 549 g/mol. The number of fused-ring (bicyclic) bond motifs is 2. The minimum absolute atomic E-state index is 0.129. The molecule has 0 aliphatic rings. The van der Waals surface area contributed by atoms with Crippen LogP contribution in [0.5, 0.6) is 0 Å². The van der Waals surface area contributed by atoms with E-state index in [-0.39, 0.29) is 23.4 Å². The zero-order valence-corrected chi connectivity index (χ0v) is 22.6. The molecule has 10 heteroatoms. The van der Waals surface area contributed by atoms with E-state index in [0.717, 1.165) is 16.7 Å². The minimum atomic E-state index is -0.413. The molecule has 6 rings (SSSR count). The number of nitrogens with zero attached hydrogens (tertiary/aromatic N) is 4. The second-order valence-electron chi connectivity index (χ2n) is 9.39. The van der Waals surface area contributed by atoms with Gasteiger partial charge in [0.2, 0.25) is 0 Å². The van der Waals surface area contributed by atoms with Gasteiger partial charge in [0.05, 0.1) is 17.2 Å². The predicted molar refractivity (Wildman–Crippen MR) is 156 cm³/mol. The first-order valence-corrected chi connectivity index (χ1v) is 13.3. The molecule has 0 aliphatic heterocycles. The van der Waals surface area contributed by atoms with E-state index in [0.29, 0.717) is 37.9 Å². The van der Waals surface area contributed by atoms with Crippen LogP contribution < -0.4 is 16.4 Å². The maximum Gasteiger partial charge on any atom is 0.292 e. The van der Waals surface area contributed by atoms with Gasteiger partial charge in [0, 0.05) is 18.3 Å². The Morgan fingerprint density at radius 2 is 1.90 bits per heavy atom. The van der Waals surface area contributed by atoms with E-state index < -0.39 is 5.91 Å². The lowest BCUT2D eigenvalue weighted by Crippen LogP contribution is -2.26. The number of rotatable bonds is 6. The molecule has 2 N–H and O–H groups in total. The molecule has 198 valence electrons. The van der Waals surface area contributed by atoms with Crippen LogP contribution in [0.2, 0.25) is 0 Å². The number of furan rings is 1. The van der Waals surface area contributed by atoms with Crippen LogP contribution in [0.25, 0.3) is 38.5 Å². The number of anilines is 1. The molecule has 1 amide bonds. The number of allylic oxidation sites excluding steroid dienone is 1. The zero-order chi connectivity index (χ0) is 28.0. The Bertz CT molecular complexity index is 2050. The van der Waals surface area contributed by atoms with Gasteiger partial charge in [-0.15, -0.1) is 6.58 Å². The molecule has 1 aromatic carbocycles. The van der Waals surface area contributed by atoms with E-state index in [1.54, 1.807) is 41.1 Å². The summed E-state index contributed by atoms with van der Waals surface area (Å²) in [6.45, 7) is 8.02. The lowest BCUT2D eigenvalue weighted by Gasteiger charge is -2.12. The highest BCUT2D eigenvalue weighted by Gasteiger charge is 2.21. The molecule has 0 aliphatic carbocycles. The van der Waals surface area contributed by atoms with Crippen LogP contribution in [0.4, 0.5) is 5.00 Å². The number of thiazole rings is 1. The second-order valence-corrected chi connectivity index (χ2v) is 10.4. The number of hydrogen-bond donors (Lipinski definition) is 2. The van der Waals surface area contributed by atoms with Crippen molar-refractivity contribution in [2.24, 2.45) is 0 Å². The molecule has 9 nitrogen and oxygen atoms in total. The van der Waals surface area contributed by atoms with Gasteiger partial charge >= 0.3 is 0 Å². The molecular weight excluding hydrogens is 524 g/mol. The number of carbonyl (C=O) groups is 1. The Hall–Kier alpha value is -5.09. The number of amides is 1. The summed E-state index contributed by atoms with van der Waals surface area (Å²) in [4.78, 5) is 36.1. The maximum absolute atomic E-state index is 13.6. The summed E-state index contributed by atoms with van der Waals surface area (Å²) in [7, 11) is 0. The quantitative estimate of drug-likeness (QED) is 0.208. The fraction of sp³-hybridized carbons (Fsp3) is 0.100. The van der Waals surface area contributed by atoms with Gasteiger partial charge in [-0.2, -0.15) is 0 Å². The highest BCUT2D eigenvalue weighted by molar-refractivity contribution is 7.19. The Morgan fingerprint density at radius 1 is 1.12 bits per heavy atom. The first-order chi connectivity index (χ1) is 19.3. The summed E-state index contributed by atoms with van der Waals surface area (Å²) in [6.07, 6.45) is 4.84. The largest absolute Gasteiger partial charge is 0.459 e. The fourth-order valence-electron chi connectivity index (χ4n) is 4.51. The number of hydrogen-bond acceptors (Lipinski definition) is 7. The minimum Gasteiger partial charge on any atom is -0.459 e. The summed E-state index contributed by atoms with van der Waals surface area (Å²) in [5.74, 6) is -0.244. The monoisotopic (exact) mass is 548 g/mol. The van der Waals surface area contributed by atoms with Crippen molar-refractivity contribution in [2.45, 2.75) is 20.4 Å². The molecule has 0 spiro atoms. The first kappa shape index (κ1) is 25.2. The normalized spacial score (nSPS) is 11.2. The Labute approximate surface area is 232 Å². The Balaban J connectivity index is 1.59. The average Bonchev–Trinajstić information content (AvgIpc) is 3.62. The van der Waals surface area contributed by atoms with Gasteiger partial charge < -0.3 is 14.3 Å². The number of pyridine rings is 2. The SMILES string of the molecule is C=CCn1c(=N)c(-c2nc(-c3ccc(C)cc3)c(NC(=O)c3ccco3)s2)cc2c(=O)n3cc(C)ccc3nc21. The van der Waals surface area contributed by atoms with Crippen LogP contribution in [0.1, 0.15) is 21.7 Å². The van der Waals surface area contributed by atoms with Crippen molar-refractivity contribution in [2.75, 3.05) is 5.32 Å². The third-order valence-electron chi connectivity index (χ3n) is 6.52. The number of aromatic nitrogens is 4. The second kappa shape index (κ2) is 9.90. The Morgan fingerprint density at radius 3 is 2.62 bits per heavy atom. The van der Waals surface area contributed by atoms with E-state index in [1.807, 2.05) is 44.2 Å². The predicted octanol–water partition coefficient (Wildman–Crippen LogP) is 5.57. The number of aryl methyl sites for hydroxylation is 2. The first-order valence-electron chi connectivity index (χ1n) is 12.5. The maximum atomic E-state index is 13.6. The third-order valence-corrected chi connectivity index (χ3v) is 7.53. The lowest BCUT2D eigenvalue weighted by molar-refractivity contribution is 0.0997. The van der Waals surface area contributed by atoms with Crippen LogP contribution >= 0.6 is 11.3 Å². The van der Waals surface area contributed by atoms with E-state index >= 15 is 0 Å². The van der Waals surface area contributed by atoms with Gasteiger partial charge in [-0.1, -0.05) is 53.3 Å². The molecule has 0 saturated heterocycles. The Kier molecular flexibility index (Phi) is 6.24. The molecule has 5 aromatic heterocycles. The molecular formula is C30H24N6O3S. The van der Waals surface area contributed by atoms with Gasteiger partial charge in [0.15, 0.2) is 5.76 Å². The summed E-state index contributed by atoms with van der Waals surface area (Å²) in [5, 5.41) is 13.3. The lowest BCUT2D eigenvalue weighted by atomic mass is 10.1. The zero-order valence-electron chi connectivity index (χ0n) is 21.8. The van der Waals surface area contributed by atoms with Gasteiger partial charge in [0.1, 0.15) is 32.5 Å². The van der Waals surface area contributed by atoms with Gasteiger partial charge in [0.25, 0.3) is 11.5 Å². The van der Waals surface area contributed by atoms with Crippen LogP contribution in [0.3, 0.4) is 0 Å². The van der Waals surface area contributed by atoms with Gasteiger partial charge in [-0.25, -0.2) is 9.97 Å². The van der Waals surface area contributed by atoms with Crippen molar-refractivity contribution in [1.82, 2.24) is 18.9 Å². The van der Waals surface area contributed by atoms with Crippen molar-refractivity contribution in [3.63, 3.8) is 0 Å². The van der Waals surface area contributed by atoms with Crippen molar-refractivity contribution >= 4 is 38.9 Å². The van der Waals surface area contributed by atoms with Crippen LogP contribution in [-0.2, 0) is 6.54 Å². The topological polar surface area (TPSA) is 118 Å². The molecule has 0 fully saturated rings. The van der Waals surface area contributed by atoms with Crippen molar-refractivity contribution in [3.05, 3.63) is 112 Å². The molecule has 6 aromatic rings. The van der Waals surface area contributed by atoms with Crippen LogP contribution in [0.15, 0.2) is 88.9 Å². The van der Waals surface area contributed by atoms with Crippen molar-refractivity contribution in [3.8, 4) is 21.8 Å². The molecule has 0 unspecified atom stereocenters. The van der Waals surface area contributed by atoms with Crippen LogP contribution in [-0.4, -0.2) is 24.8 Å². The van der Waals surface area contributed by atoms with Gasteiger partial charge in [-0.3, -0.25) is 19.4 Å². The third kappa shape index (κ3) is 4.34. The molecule has 40 heavy (non-hydrogen) atoms. The molecule has 0 saturated carbocycles. The number of nitrogens with one attached hydrogen (secondary N) is 2. The number of carbonyl (C=O) groups excluding carboxylic acids is 1. The molecule has 0 atom stereocenters. The summed E-state index contributed by atoms with van der Waals surface area (Å²) in [5.41, 5.74) is 4.58. The standard InChI is InChI=1S/C30H24N6O3S/c1-4-13-35-25(31)20(15-21-26(35)32-23-12-9-18(3)16-36(23)30(21)38)28-33-24(19-10-7-17(2)8-11-19)29(40-28)34-27(37)22-6-5-14-39-22/h4-12,14-16,31H,1,13H2,2-3H3,(H,34,37). The summed E-state index contributed by atoms with van der Waals surface area (Å²) < 4.78 is 8.43. The highest BCUT2D eigenvalue weighted by Crippen LogP contribution is 2.38. The van der Waals surface area contributed by atoms with Crippen molar-refractivity contribution in [1.29, 1.82) is 5.41 Å². The van der Waals surface area contributed by atoms with Crippen molar-refractivity contribution < 1.29 is 9.21 Å². The molecule has 5 heterocycles. The summed E-state index contributed by atoms with van der Waals surface area (Å²) in [6, 6.07) is 16.4. The molecule has 0 bridgehead atoms. The van der Waals surface area contributed by atoms with E-state index in [9.17, 15) is 9.59 Å². The highest BCUT2D eigenvalue weighted by atomic mass is 32.1. The van der Waals surface area contributed by atoms with Crippen LogP contribution in [0, 0.1) is 19.3 Å². The molecule has 0 radical (unpaired) electrons. The number of benzene rings is 1. The summed E-state index contributed by atoms with van der Waals surface area (Å²) >= 11 is 1.23. The van der Waals surface area contributed by atoms with E-state index in [2.05, 4.69) is 11.9 Å². The smallest absolute Gasteiger partial charge is 0.292 e. The van der Waals surface area contributed by atoms with E-state index in [4.69, 9.17) is 19.8 Å². The van der Waals surface area contributed by atoms with E-state index in [1.165, 1.54) is 22.0 Å². The fourth-order valence-corrected chi connectivity index (χ4v) is 5.51. The van der Waals surface area contributed by atoms with Gasteiger partial charge in [-0.05, 0) is 43.7 Å².